The third kappa shape index (κ3) is 9.55. The largest absolute Gasteiger partial charge is 0.497 e. The van der Waals surface area contributed by atoms with Crippen molar-refractivity contribution in [3.05, 3.63) is 128 Å². The van der Waals surface area contributed by atoms with Crippen LogP contribution in [0.15, 0.2) is 94.6 Å². The number of nitriles is 1. The van der Waals surface area contributed by atoms with Gasteiger partial charge in [0.2, 0.25) is 0 Å². The van der Waals surface area contributed by atoms with Crippen LogP contribution in [-0.4, -0.2) is 65.9 Å². The fraction of sp³-hybridized carbons (Fsp3) is 0.405. The molecule has 13 heteroatoms. The van der Waals surface area contributed by atoms with Crippen molar-refractivity contribution in [2.24, 2.45) is 0 Å². The summed E-state index contributed by atoms with van der Waals surface area (Å²) in [5, 5.41) is 9.32. The molecule has 290 valence electrons. The molecule has 0 spiro atoms. The standard InChI is InChI=1S/C42H49N4O8P/c1-8-13-31-27-45(41(48)44-40(31)47)39-26-37(54-55(52-25-12-24-43)46(29(2)3)30(4)5)38(53-39)28-51-42(32-14-10-9-11-15-32,33-16-20-35(49-6)21-17-33)34-18-22-36(50-7)23-19-34/h9-11,14-23,27,29-30,37-39H,12,25-26,28H2,1-7H3,(H,44,47,48)/t37-,38+,39+,55?/m0/s1. The number of rotatable bonds is 17. The van der Waals surface area contributed by atoms with E-state index in [0.29, 0.717) is 11.5 Å². The summed E-state index contributed by atoms with van der Waals surface area (Å²) < 4.78 is 41.6. The maximum absolute atomic E-state index is 13.3. The normalized spacial score (nSPS) is 17.5. The second-order valence-corrected chi connectivity index (χ2v) is 14.9. The Morgan fingerprint density at radius 2 is 1.51 bits per heavy atom. The molecule has 12 nitrogen and oxygen atoms in total. The molecule has 55 heavy (non-hydrogen) atoms. The van der Waals surface area contributed by atoms with E-state index >= 15 is 0 Å². The topological polar surface area (TPSA) is 137 Å². The van der Waals surface area contributed by atoms with Crippen molar-refractivity contribution in [1.29, 1.82) is 5.26 Å². The number of aromatic amines is 1. The molecular weight excluding hydrogens is 719 g/mol. The number of methoxy groups -OCH3 is 2. The predicted octanol–water partition coefficient (Wildman–Crippen LogP) is 6.88. The van der Waals surface area contributed by atoms with Crippen LogP contribution in [-0.2, 0) is 24.1 Å². The van der Waals surface area contributed by atoms with Crippen LogP contribution in [0.3, 0.4) is 0 Å². The summed E-state index contributed by atoms with van der Waals surface area (Å²) in [6, 6.07) is 27.6. The van der Waals surface area contributed by atoms with Crippen LogP contribution in [0.25, 0.3) is 0 Å². The highest BCUT2D eigenvalue weighted by Gasteiger charge is 2.45. The zero-order chi connectivity index (χ0) is 39.5. The number of hydrogen-bond acceptors (Lipinski definition) is 10. The molecule has 0 aliphatic carbocycles. The predicted molar refractivity (Wildman–Crippen MR) is 211 cm³/mol. The lowest BCUT2D eigenvalue weighted by atomic mass is 9.80. The van der Waals surface area contributed by atoms with Gasteiger partial charge in [0, 0.05) is 24.7 Å². The average molecular weight is 769 g/mol. The first kappa shape index (κ1) is 41.4. The molecule has 3 aromatic carbocycles. The van der Waals surface area contributed by atoms with Gasteiger partial charge in [0.15, 0.2) is 0 Å². The van der Waals surface area contributed by atoms with E-state index in [4.69, 9.17) is 28.0 Å². The summed E-state index contributed by atoms with van der Waals surface area (Å²) in [4.78, 5) is 28.2. The lowest BCUT2D eigenvalue weighted by Gasteiger charge is -2.39. The first-order chi connectivity index (χ1) is 26.6. The monoisotopic (exact) mass is 768 g/mol. The number of H-pyrrole nitrogens is 1. The summed E-state index contributed by atoms with van der Waals surface area (Å²) in [7, 11) is 1.55. The van der Waals surface area contributed by atoms with Gasteiger partial charge in [-0.05, 0) is 75.6 Å². The minimum Gasteiger partial charge on any atom is -0.497 e. The molecule has 4 aromatic rings. The number of aromatic nitrogens is 2. The van der Waals surface area contributed by atoms with Crippen molar-refractivity contribution in [3.8, 4) is 29.4 Å². The summed E-state index contributed by atoms with van der Waals surface area (Å²) >= 11 is 0. The number of benzene rings is 3. The maximum Gasteiger partial charge on any atom is 0.330 e. The fourth-order valence-corrected chi connectivity index (χ4v) is 8.50. The molecule has 0 saturated carbocycles. The Bertz CT molecular complexity index is 2010. The number of ether oxygens (including phenoxy) is 4. The highest BCUT2D eigenvalue weighted by atomic mass is 31.2. The van der Waals surface area contributed by atoms with E-state index in [1.54, 1.807) is 21.1 Å². The van der Waals surface area contributed by atoms with Crippen molar-refractivity contribution >= 4 is 8.53 Å². The zero-order valence-corrected chi connectivity index (χ0v) is 33.2. The van der Waals surface area contributed by atoms with Crippen molar-refractivity contribution < 1.29 is 28.0 Å². The van der Waals surface area contributed by atoms with E-state index in [0.717, 1.165) is 16.7 Å². The Kier molecular flexibility index (Phi) is 14.4. The molecule has 5 rings (SSSR count). The van der Waals surface area contributed by atoms with Gasteiger partial charge in [-0.25, -0.2) is 9.46 Å². The van der Waals surface area contributed by atoms with Gasteiger partial charge < -0.3 is 28.0 Å². The molecule has 1 aromatic heterocycles. The molecule has 4 atom stereocenters. The Labute approximate surface area is 323 Å². The molecule has 0 radical (unpaired) electrons. The third-order valence-corrected chi connectivity index (χ3v) is 11.4. The second kappa shape index (κ2) is 19.2. The Balaban J connectivity index is 1.62. The van der Waals surface area contributed by atoms with Crippen LogP contribution in [0.1, 0.15) is 75.9 Å². The molecule has 1 N–H and O–H groups in total. The van der Waals surface area contributed by atoms with Gasteiger partial charge in [-0.3, -0.25) is 14.3 Å². The first-order valence-electron chi connectivity index (χ1n) is 18.2. The minimum absolute atomic E-state index is 0.0125. The number of nitrogens with zero attached hydrogens (tertiary/aromatic N) is 3. The molecule has 2 heterocycles. The first-order valence-corrected chi connectivity index (χ1v) is 19.4. The molecule has 1 fully saturated rings. The van der Waals surface area contributed by atoms with Gasteiger partial charge in [0.25, 0.3) is 14.1 Å². The lowest BCUT2D eigenvalue weighted by molar-refractivity contribution is -0.0925. The van der Waals surface area contributed by atoms with Crippen LogP contribution in [0.2, 0.25) is 0 Å². The van der Waals surface area contributed by atoms with Crippen molar-refractivity contribution in [3.63, 3.8) is 0 Å². The van der Waals surface area contributed by atoms with Gasteiger partial charge in [-0.2, -0.15) is 5.26 Å². The van der Waals surface area contributed by atoms with Crippen molar-refractivity contribution in [1.82, 2.24) is 14.2 Å². The molecule has 1 saturated heterocycles. The number of nitrogens with one attached hydrogen (secondary N) is 1. The Morgan fingerprint density at radius 3 is 2.04 bits per heavy atom. The Morgan fingerprint density at radius 1 is 0.927 bits per heavy atom. The highest BCUT2D eigenvalue weighted by Crippen LogP contribution is 2.50. The van der Waals surface area contributed by atoms with Gasteiger partial charge in [0.05, 0.1) is 46.0 Å². The minimum atomic E-state index is -1.70. The average Bonchev–Trinajstić information content (AvgIpc) is 3.58. The van der Waals surface area contributed by atoms with E-state index in [9.17, 15) is 14.9 Å². The van der Waals surface area contributed by atoms with E-state index in [2.05, 4.69) is 55.3 Å². The van der Waals surface area contributed by atoms with Crippen molar-refractivity contribution in [2.75, 3.05) is 27.4 Å². The summed E-state index contributed by atoms with van der Waals surface area (Å²) in [6.45, 7) is 10.1. The molecule has 0 bridgehead atoms. The van der Waals surface area contributed by atoms with Crippen molar-refractivity contribution in [2.45, 2.75) is 83.6 Å². The molecule has 0 amide bonds. The fourth-order valence-electron chi connectivity index (χ4n) is 6.75. The number of hydrogen-bond donors (Lipinski definition) is 1. The van der Waals surface area contributed by atoms with Gasteiger partial charge in [0.1, 0.15) is 35.0 Å². The maximum atomic E-state index is 13.3. The van der Waals surface area contributed by atoms with Gasteiger partial charge in [-0.15, -0.1) is 5.92 Å². The summed E-state index contributed by atoms with van der Waals surface area (Å²) in [6.07, 6.45) is -0.358. The molecule has 1 aliphatic heterocycles. The van der Waals surface area contributed by atoms with Gasteiger partial charge in [-0.1, -0.05) is 60.5 Å². The van der Waals surface area contributed by atoms with Crippen LogP contribution < -0.4 is 20.7 Å². The van der Waals surface area contributed by atoms with Crippen LogP contribution in [0, 0.1) is 23.2 Å². The second-order valence-electron chi connectivity index (χ2n) is 13.5. The van der Waals surface area contributed by atoms with E-state index < -0.39 is 43.8 Å². The van der Waals surface area contributed by atoms with Crippen LogP contribution in [0.4, 0.5) is 0 Å². The Hall–Kier alpha value is -4.78. The molecular formula is C42H49N4O8P. The van der Waals surface area contributed by atoms with E-state index in [1.165, 1.54) is 10.8 Å². The quantitative estimate of drug-likeness (QED) is 0.0524. The SMILES string of the molecule is CC#Cc1cn([C@H]2C[C@H](OP(OCCC#N)N(C(C)C)C(C)C)[C@@H](COC(c3ccccc3)(c3ccc(OC)cc3)c3ccc(OC)cc3)O2)c(=O)[nH]c1=O. The zero-order valence-electron chi connectivity index (χ0n) is 32.4. The van der Waals surface area contributed by atoms with Crippen LogP contribution >= 0.6 is 8.53 Å². The molecule has 1 unspecified atom stereocenters. The summed E-state index contributed by atoms with van der Waals surface area (Å²) in [5.74, 6) is 6.89. The lowest BCUT2D eigenvalue weighted by Crippen LogP contribution is -2.39. The van der Waals surface area contributed by atoms with Gasteiger partial charge >= 0.3 is 5.69 Å². The summed E-state index contributed by atoms with van der Waals surface area (Å²) in [5.41, 5.74) is 0.314. The van der Waals surface area contributed by atoms with E-state index in [-0.39, 0.29) is 43.7 Å². The smallest absolute Gasteiger partial charge is 0.330 e. The van der Waals surface area contributed by atoms with Crippen LogP contribution in [0.5, 0.6) is 11.5 Å². The van der Waals surface area contributed by atoms with E-state index in [1.807, 2.05) is 78.9 Å². The highest BCUT2D eigenvalue weighted by molar-refractivity contribution is 7.44. The molecule has 1 aliphatic rings. The third-order valence-electron chi connectivity index (χ3n) is 9.24.